The fraction of sp³-hybridized carbons (Fsp3) is 0. The summed E-state index contributed by atoms with van der Waals surface area (Å²) in [5.74, 6) is 0.751. The first-order chi connectivity index (χ1) is 10.4. The van der Waals surface area contributed by atoms with Crippen molar-refractivity contribution in [3.05, 3.63) is 72.8 Å². The SMILES string of the molecule is c1ccc(-c2cc(-c3ccc4ccccc4n3)no2)cc1. The van der Waals surface area contributed by atoms with Gasteiger partial charge >= 0.3 is 0 Å². The average molecular weight is 272 g/mol. The van der Waals surface area contributed by atoms with Crippen LogP contribution in [-0.2, 0) is 0 Å². The van der Waals surface area contributed by atoms with E-state index in [2.05, 4.69) is 16.2 Å². The molecule has 0 aliphatic heterocycles. The Morgan fingerprint density at radius 3 is 2.43 bits per heavy atom. The van der Waals surface area contributed by atoms with Crippen LogP contribution in [-0.4, -0.2) is 10.1 Å². The number of para-hydroxylation sites is 1. The molecule has 0 amide bonds. The van der Waals surface area contributed by atoms with Gasteiger partial charge in [0.1, 0.15) is 5.69 Å². The van der Waals surface area contributed by atoms with Crippen LogP contribution in [0.3, 0.4) is 0 Å². The molecule has 0 aliphatic rings. The number of pyridine rings is 1. The third kappa shape index (κ3) is 2.19. The molecule has 2 heterocycles. The molecule has 3 heteroatoms. The summed E-state index contributed by atoms with van der Waals surface area (Å²) in [6.07, 6.45) is 0. The van der Waals surface area contributed by atoms with Gasteiger partial charge in [0.15, 0.2) is 5.76 Å². The van der Waals surface area contributed by atoms with Crippen molar-refractivity contribution in [1.29, 1.82) is 0 Å². The quantitative estimate of drug-likeness (QED) is 0.537. The Morgan fingerprint density at radius 2 is 1.52 bits per heavy atom. The van der Waals surface area contributed by atoms with Crippen LogP contribution in [0.5, 0.6) is 0 Å². The molecule has 21 heavy (non-hydrogen) atoms. The number of hydrogen-bond donors (Lipinski definition) is 0. The van der Waals surface area contributed by atoms with Gasteiger partial charge < -0.3 is 4.52 Å². The van der Waals surface area contributed by atoms with Crippen molar-refractivity contribution in [1.82, 2.24) is 10.1 Å². The molecule has 0 N–H and O–H groups in total. The highest BCUT2D eigenvalue weighted by molar-refractivity contribution is 5.81. The van der Waals surface area contributed by atoms with Crippen LogP contribution >= 0.6 is 0 Å². The number of fused-ring (bicyclic) bond motifs is 1. The highest BCUT2D eigenvalue weighted by atomic mass is 16.5. The van der Waals surface area contributed by atoms with E-state index in [1.165, 1.54) is 0 Å². The summed E-state index contributed by atoms with van der Waals surface area (Å²) in [6, 6.07) is 23.9. The van der Waals surface area contributed by atoms with E-state index in [-0.39, 0.29) is 0 Å². The molecule has 3 nitrogen and oxygen atoms in total. The van der Waals surface area contributed by atoms with Crippen LogP contribution in [0.4, 0.5) is 0 Å². The van der Waals surface area contributed by atoms with Crippen molar-refractivity contribution < 1.29 is 4.52 Å². The summed E-state index contributed by atoms with van der Waals surface area (Å²) >= 11 is 0. The largest absolute Gasteiger partial charge is 0.356 e. The molecule has 0 aliphatic carbocycles. The molecule has 0 spiro atoms. The van der Waals surface area contributed by atoms with Gasteiger partial charge in [0.05, 0.1) is 11.2 Å². The molecule has 4 rings (SSSR count). The molecule has 2 aromatic carbocycles. The molecule has 0 bridgehead atoms. The number of rotatable bonds is 2. The van der Waals surface area contributed by atoms with Gasteiger partial charge in [0, 0.05) is 17.0 Å². The highest BCUT2D eigenvalue weighted by Crippen LogP contribution is 2.26. The van der Waals surface area contributed by atoms with Crippen LogP contribution in [0.25, 0.3) is 33.6 Å². The third-order valence-electron chi connectivity index (χ3n) is 3.43. The molecular formula is C18H12N2O. The number of hydrogen-bond acceptors (Lipinski definition) is 3. The third-order valence-corrected chi connectivity index (χ3v) is 3.43. The molecule has 4 aromatic rings. The molecule has 0 saturated carbocycles. The lowest BCUT2D eigenvalue weighted by Crippen LogP contribution is -1.84. The minimum absolute atomic E-state index is 0.750. The van der Waals surface area contributed by atoms with E-state index >= 15 is 0 Å². The Morgan fingerprint density at radius 1 is 0.714 bits per heavy atom. The first kappa shape index (κ1) is 11.9. The normalized spacial score (nSPS) is 10.9. The lowest BCUT2D eigenvalue weighted by atomic mass is 10.1. The highest BCUT2D eigenvalue weighted by Gasteiger charge is 2.09. The minimum Gasteiger partial charge on any atom is -0.356 e. The maximum absolute atomic E-state index is 5.43. The Kier molecular flexibility index (Phi) is 2.75. The summed E-state index contributed by atoms with van der Waals surface area (Å²) in [6.45, 7) is 0. The molecule has 0 unspecified atom stereocenters. The average Bonchev–Trinajstić information content (AvgIpc) is 3.05. The summed E-state index contributed by atoms with van der Waals surface area (Å²) in [5.41, 5.74) is 3.54. The van der Waals surface area contributed by atoms with E-state index in [0.717, 1.165) is 33.6 Å². The van der Waals surface area contributed by atoms with Gasteiger partial charge in [-0.1, -0.05) is 59.8 Å². The second-order valence-electron chi connectivity index (χ2n) is 4.83. The van der Waals surface area contributed by atoms with Crippen LogP contribution in [0.15, 0.2) is 77.3 Å². The topological polar surface area (TPSA) is 38.9 Å². The van der Waals surface area contributed by atoms with Gasteiger partial charge in [0.2, 0.25) is 0 Å². The van der Waals surface area contributed by atoms with Crippen molar-refractivity contribution in [3.63, 3.8) is 0 Å². The molecule has 0 fully saturated rings. The van der Waals surface area contributed by atoms with Gasteiger partial charge in [0.25, 0.3) is 0 Å². The van der Waals surface area contributed by atoms with Crippen molar-refractivity contribution >= 4 is 10.9 Å². The first-order valence-electron chi connectivity index (χ1n) is 6.78. The van der Waals surface area contributed by atoms with E-state index < -0.39 is 0 Å². The van der Waals surface area contributed by atoms with Gasteiger partial charge in [-0.25, -0.2) is 4.98 Å². The minimum atomic E-state index is 0.750. The summed E-state index contributed by atoms with van der Waals surface area (Å²) in [4.78, 5) is 4.63. The standard InChI is InChI=1S/C18H12N2O/c1-2-7-14(8-3-1)18-12-17(20-21-18)16-11-10-13-6-4-5-9-15(13)19-16/h1-12H. The fourth-order valence-corrected chi connectivity index (χ4v) is 2.34. The van der Waals surface area contributed by atoms with Gasteiger partial charge in [-0.15, -0.1) is 0 Å². The first-order valence-corrected chi connectivity index (χ1v) is 6.78. The molecule has 2 aromatic heterocycles. The number of aromatic nitrogens is 2. The molecular weight excluding hydrogens is 260 g/mol. The predicted molar refractivity (Wildman–Crippen MR) is 82.7 cm³/mol. The maximum Gasteiger partial charge on any atom is 0.167 e. The zero-order valence-electron chi connectivity index (χ0n) is 11.2. The molecule has 100 valence electrons. The Labute approximate surface area is 121 Å². The van der Waals surface area contributed by atoms with Crippen molar-refractivity contribution in [3.8, 4) is 22.7 Å². The Hall–Kier alpha value is -2.94. The molecule has 0 saturated heterocycles. The van der Waals surface area contributed by atoms with Crippen LogP contribution < -0.4 is 0 Å². The van der Waals surface area contributed by atoms with Crippen molar-refractivity contribution in [2.24, 2.45) is 0 Å². The second-order valence-corrected chi connectivity index (χ2v) is 4.83. The van der Waals surface area contributed by atoms with E-state index in [1.54, 1.807) is 0 Å². The smallest absolute Gasteiger partial charge is 0.167 e. The number of benzene rings is 2. The monoisotopic (exact) mass is 272 g/mol. The summed E-state index contributed by atoms with van der Waals surface area (Å²) < 4.78 is 5.43. The maximum atomic E-state index is 5.43. The zero-order chi connectivity index (χ0) is 14.1. The van der Waals surface area contributed by atoms with Gasteiger partial charge in [-0.3, -0.25) is 0 Å². The van der Waals surface area contributed by atoms with Gasteiger partial charge in [-0.2, -0.15) is 0 Å². The summed E-state index contributed by atoms with van der Waals surface area (Å²) in [5, 5.41) is 5.25. The van der Waals surface area contributed by atoms with Crippen LogP contribution in [0.1, 0.15) is 0 Å². The zero-order valence-corrected chi connectivity index (χ0v) is 11.2. The van der Waals surface area contributed by atoms with E-state index in [1.807, 2.05) is 66.7 Å². The molecule has 0 atom stereocenters. The Balaban J connectivity index is 1.77. The van der Waals surface area contributed by atoms with Crippen LogP contribution in [0, 0.1) is 0 Å². The predicted octanol–water partition coefficient (Wildman–Crippen LogP) is 4.56. The molecule has 0 radical (unpaired) electrons. The lowest BCUT2D eigenvalue weighted by Gasteiger charge is -1.98. The number of nitrogens with zero attached hydrogens (tertiary/aromatic N) is 2. The second kappa shape index (κ2) is 4.87. The van der Waals surface area contributed by atoms with Crippen molar-refractivity contribution in [2.75, 3.05) is 0 Å². The fourth-order valence-electron chi connectivity index (χ4n) is 2.34. The summed E-state index contributed by atoms with van der Waals surface area (Å²) in [7, 11) is 0. The van der Waals surface area contributed by atoms with E-state index in [4.69, 9.17) is 4.52 Å². The Bertz CT molecular complexity index is 897. The van der Waals surface area contributed by atoms with E-state index in [0.29, 0.717) is 0 Å². The lowest BCUT2D eigenvalue weighted by molar-refractivity contribution is 0.434. The van der Waals surface area contributed by atoms with E-state index in [9.17, 15) is 0 Å². The van der Waals surface area contributed by atoms with Crippen molar-refractivity contribution in [2.45, 2.75) is 0 Å². The van der Waals surface area contributed by atoms with Crippen LogP contribution in [0.2, 0.25) is 0 Å². The van der Waals surface area contributed by atoms with Gasteiger partial charge in [-0.05, 0) is 12.1 Å².